The van der Waals surface area contributed by atoms with Crippen molar-refractivity contribution in [3.63, 3.8) is 0 Å². The number of hydrogen-bond donors (Lipinski definition) is 2. The lowest BCUT2D eigenvalue weighted by Crippen LogP contribution is -2.36. The molecule has 1 saturated carbocycles. The number of hydrogen-bond acceptors (Lipinski definition) is 2. The highest BCUT2D eigenvalue weighted by Gasteiger charge is 2.23. The van der Waals surface area contributed by atoms with Gasteiger partial charge in [-0.05, 0) is 18.3 Å². The topological polar surface area (TPSA) is 49.3 Å². The Kier molecular flexibility index (Phi) is 3.93. The molecule has 1 fully saturated rings. The van der Waals surface area contributed by atoms with E-state index < -0.39 is 5.97 Å². The lowest BCUT2D eigenvalue weighted by atomic mass is 9.89. The fourth-order valence-corrected chi connectivity index (χ4v) is 2.02. The van der Waals surface area contributed by atoms with E-state index in [2.05, 4.69) is 5.32 Å². The van der Waals surface area contributed by atoms with E-state index in [1.54, 1.807) is 0 Å². The Morgan fingerprint density at radius 1 is 1.43 bits per heavy atom. The lowest BCUT2D eigenvalue weighted by Gasteiger charge is -2.25. The van der Waals surface area contributed by atoms with E-state index in [1.807, 2.05) is 13.8 Å². The zero-order valence-electron chi connectivity index (χ0n) is 9.18. The number of carboxylic acid groups (broad SMARTS) is 1. The van der Waals surface area contributed by atoms with Gasteiger partial charge in [0, 0.05) is 12.6 Å². The second-order valence-electron chi connectivity index (χ2n) is 5.10. The van der Waals surface area contributed by atoms with Crippen molar-refractivity contribution < 1.29 is 9.90 Å². The van der Waals surface area contributed by atoms with E-state index >= 15 is 0 Å². The summed E-state index contributed by atoms with van der Waals surface area (Å²) in [5.74, 6) is -0.705. The molecule has 0 aromatic heterocycles. The summed E-state index contributed by atoms with van der Waals surface area (Å²) in [6.07, 6.45) is 5.38. The zero-order chi connectivity index (χ0) is 10.6. The van der Waals surface area contributed by atoms with Crippen molar-refractivity contribution in [2.24, 2.45) is 5.41 Å². The second kappa shape index (κ2) is 4.78. The molecule has 0 saturated heterocycles. The molecule has 0 aliphatic heterocycles. The summed E-state index contributed by atoms with van der Waals surface area (Å²) >= 11 is 0. The van der Waals surface area contributed by atoms with Crippen LogP contribution in [0.4, 0.5) is 0 Å². The first-order chi connectivity index (χ1) is 6.49. The van der Waals surface area contributed by atoms with Gasteiger partial charge in [-0.2, -0.15) is 0 Å². The van der Waals surface area contributed by atoms with Gasteiger partial charge in [-0.3, -0.25) is 4.79 Å². The normalized spacial score (nSPS) is 18.7. The van der Waals surface area contributed by atoms with Crippen LogP contribution in [0.15, 0.2) is 0 Å². The summed E-state index contributed by atoms with van der Waals surface area (Å²) in [5, 5.41) is 12.2. The van der Waals surface area contributed by atoms with Gasteiger partial charge < -0.3 is 10.4 Å². The number of carboxylic acids is 1. The molecule has 0 spiro atoms. The molecule has 0 heterocycles. The van der Waals surface area contributed by atoms with Gasteiger partial charge in [0.15, 0.2) is 0 Å². The number of aliphatic carboxylic acids is 1. The Morgan fingerprint density at radius 3 is 2.50 bits per heavy atom. The predicted octanol–water partition coefficient (Wildman–Crippen LogP) is 2.02. The van der Waals surface area contributed by atoms with Crippen molar-refractivity contribution in [3.05, 3.63) is 0 Å². The Balaban J connectivity index is 2.23. The van der Waals surface area contributed by atoms with E-state index in [-0.39, 0.29) is 11.8 Å². The van der Waals surface area contributed by atoms with Gasteiger partial charge in [0.25, 0.3) is 0 Å². The van der Waals surface area contributed by atoms with E-state index in [0.29, 0.717) is 6.04 Å². The van der Waals surface area contributed by atoms with Crippen LogP contribution in [0.3, 0.4) is 0 Å². The molecule has 14 heavy (non-hydrogen) atoms. The first kappa shape index (κ1) is 11.5. The summed E-state index contributed by atoms with van der Waals surface area (Å²) < 4.78 is 0. The molecule has 2 N–H and O–H groups in total. The number of nitrogens with one attached hydrogen (secondary N) is 1. The summed E-state index contributed by atoms with van der Waals surface area (Å²) in [4.78, 5) is 10.6. The second-order valence-corrected chi connectivity index (χ2v) is 5.10. The van der Waals surface area contributed by atoms with Crippen molar-refractivity contribution in [2.75, 3.05) is 6.54 Å². The number of rotatable bonds is 5. The maximum absolute atomic E-state index is 10.6. The monoisotopic (exact) mass is 199 g/mol. The van der Waals surface area contributed by atoms with Crippen molar-refractivity contribution in [3.8, 4) is 0 Å². The lowest BCUT2D eigenvalue weighted by molar-refractivity contribution is -0.139. The summed E-state index contributed by atoms with van der Waals surface area (Å²) in [6, 6.07) is 0.628. The van der Waals surface area contributed by atoms with Gasteiger partial charge in [-0.15, -0.1) is 0 Å². The molecule has 0 unspecified atom stereocenters. The molecular formula is C11H21NO2. The molecule has 0 atom stereocenters. The molecule has 0 aromatic carbocycles. The average Bonchev–Trinajstić information content (AvgIpc) is 2.50. The molecular weight excluding hydrogens is 178 g/mol. The standard InChI is InChI=1S/C11H21NO2/c1-11(2,7-10(13)14)8-12-9-5-3-4-6-9/h9,12H,3-8H2,1-2H3,(H,13,14). The van der Waals surface area contributed by atoms with Crippen LogP contribution in [0, 0.1) is 5.41 Å². The average molecular weight is 199 g/mol. The Labute approximate surface area is 85.9 Å². The summed E-state index contributed by atoms with van der Waals surface area (Å²) in [5.41, 5.74) is -0.131. The van der Waals surface area contributed by atoms with Crippen LogP contribution in [0.25, 0.3) is 0 Å². The molecule has 82 valence electrons. The molecule has 0 amide bonds. The summed E-state index contributed by atoms with van der Waals surface area (Å²) in [7, 11) is 0. The minimum absolute atomic E-state index is 0.131. The molecule has 0 bridgehead atoms. The van der Waals surface area contributed by atoms with Crippen LogP contribution < -0.4 is 5.32 Å². The predicted molar refractivity (Wildman–Crippen MR) is 56.3 cm³/mol. The first-order valence-corrected chi connectivity index (χ1v) is 5.45. The SMILES string of the molecule is CC(C)(CNC1CCCC1)CC(=O)O. The maximum Gasteiger partial charge on any atom is 0.303 e. The molecule has 3 heteroatoms. The van der Waals surface area contributed by atoms with Crippen molar-refractivity contribution in [2.45, 2.75) is 52.0 Å². The minimum atomic E-state index is -0.705. The first-order valence-electron chi connectivity index (χ1n) is 5.45. The Morgan fingerprint density at radius 2 is 2.00 bits per heavy atom. The largest absolute Gasteiger partial charge is 0.481 e. The minimum Gasteiger partial charge on any atom is -0.481 e. The van der Waals surface area contributed by atoms with Crippen LogP contribution in [0.5, 0.6) is 0 Å². The van der Waals surface area contributed by atoms with Crippen molar-refractivity contribution in [1.82, 2.24) is 5.32 Å². The van der Waals surface area contributed by atoms with Crippen molar-refractivity contribution in [1.29, 1.82) is 0 Å². The van der Waals surface area contributed by atoms with Gasteiger partial charge in [0.05, 0.1) is 6.42 Å². The van der Waals surface area contributed by atoms with Crippen LogP contribution >= 0.6 is 0 Å². The molecule has 1 aliphatic carbocycles. The maximum atomic E-state index is 10.6. The van der Waals surface area contributed by atoms with Crippen LogP contribution in [0.1, 0.15) is 46.0 Å². The quantitative estimate of drug-likeness (QED) is 0.712. The fraction of sp³-hybridized carbons (Fsp3) is 0.909. The zero-order valence-corrected chi connectivity index (χ0v) is 9.18. The van der Waals surface area contributed by atoms with E-state index in [9.17, 15) is 4.79 Å². The summed E-state index contributed by atoms with van der Waals surface area (Å²) in [6.45, 7) is 4.82. The van der Waals surface area contributed by atoms with Gasteiger partial charge in [0.2, 0.25) is 0 Å². The van der Waals surface area contributed by atoms with Gasteiger partial charge in [0.1, 0.15) is 0 Å². The number of carbonyl (C=O) groups is 1. The smallest absolute Gasteiger partial charge is 0.303 e. The van der Waals surface area contributed by atoms with E-state index in [1.165, 1.54) is 25.7 Å². The highest BCUT2D eigenvalue weighted by Crippen LogP contribution is 2.22. The van der Waals surface area contributed by atoms with E-state index in [0.717, 1.165) is 6.54 Å². The highest BCUT2D eigenvalue weighted by molar-refractivity contribution is 5.67. The Bertz CT molecular complexity index is 195. The Hall–Kier alpha value is -0.570. The third-order valence-corrected chi connectivity index (χ3v) is 2.85. The highest BCUT2D eigenvalue weighted by atomic mass is 16.4. The van der Waals surface area contributed by atoms with Crippen LogP contribution in [-0.4, -0.2) is 23.7 Å². The van der Waals surface area contributed by atoms with Crippen LogP contribution in [0.2, 0.25) is 0 Å². The van der Waals surface area contributed by atoms with Gasteiger partial charge in [-0.25, -0.2) is 0 Å². The van der Waals surface area contributed by atoms with Crippen molar-refractivity contribution >= 4 is 5.97 Å². The third-order valence-electron chi connectivity index (χ3n) is 2.85. The van der Waals surface area contributed by atoms with Crippen LogP contribution in [-0.2, 0) is 4.79 Å². The van der Waals surface area contributed by atoms with Gasteiger partial charge in [-0.1, -0.05) is 26.7 Å². The molecule has 0 radical (unpaired) electrons. The van der Waals surface area contributed by atoms with Gasteiger partial charge >= 0.3 is 5.97 Å². The third kappa shape index (κ3) is 4.09. The molecule has 1 rings (SSSR count). The molecule has 0 aromatic rings. The fourth-order valence-electron chi connectivity index (χ4n) is 2.02. The molecule has 3 nitrogen and oxygen atoms in total. The molecule has 1 aliphatic rings. The van der Waals surface area contributed by atoms with E-state index in [4.69, 9.17) is 5.11 Å².